The molecule has 5 nitrogen and oxygen atoms in total. The third-order valence-electron chi connectivity index (χ3n) is 3.79. The molecule has 2 aromatic carbocycles. The predicted octanol–water partition coefficient (Wildman–Crippen LogP) is 3.40. The van der Waals surface area contributed by atoms with E-state index in [9.17, 15) is 4.79 Å². The summed E-state index contributed by atoms with van der Waals surface area (Å²) in [5, 5.41) is 8.55. The summed E-state index contributed by atoms with van der Waals surface area (Å²) in [6.07, 6.45) is 0.339. The van der Waals surface area contributed by atoms with E-state index in [-0.39, 0.29) is 5.91 Å². The minimum absolute atomic E-state index is 0.0338. The van der Waals surface area contributed by atoms with Crippen LogP contribution in [0.25, 0.3) is 10.9 Å². The van der Waals surface area contributed by atoms with Crippen molar-refractivity contribution in [1.29, 1.82) is 0 Å². The third kappa shape index (κ3) is 3.68. The number of rotatable bonds is 6. The fourth-order valence-corrected chi connectivity index (χ4v) is 2.79. The SMILES string of the molecule is COc1cccc(CNC(=O)CCn2nc(Cl)c3ccccc32)c1. The zero-order valence-electron chi connectivity index (χ0n) is 13.3. The molecule has 0 atom stereocenters. The highest BCUT2D eigenvalue weighted by atomic mass is 35.5. The van der Waals surface area contributed by atoms with Crippen molar-refractivity contribution in [3.05, 3.63) is 59.2 Å². The van der Waals surface area contributed by atoms with E-state index in [1.54, 1.807) is 11.8 Å². The lowest BCUT2D eigenvalue weighted by Crippen LogP contribution is -2.24. The fraction of sp³-hybridized carbons (Fsp3) is 0.222. The van der Waals surface area contributed by atoms with E-state index in [4.69, 9.17) is 16.3 Å². The first kappa shape index (κ1) is 16.3. The Balaban J connectivity index is 1.57. The van der Waals surface area contributed by atoms with Crippen molar-refractivity contribution < 1.29 is 9.53 Å². The molecule has 124 valence electrons. The molecule has 0 saturated heterocycles. The number of nitrogens with zero attached hydrogens (tertiary/aromatic N) is 2. The second kappa shape index (κ2) is 7.36. The Morgan fingerprint density at radius 1 is 1.25 bits per heavy atom. The fourth-order valence-electron chi connectivity index (χ4n) is 2.54. The van der Waals surface area contributed by atoms with E-state index < -0.39 is 0 Å². The first-order valence-corrected chi connectivity index (χ1v) is 8.06. The average Bonchev–Trinajstić information content (AvgIpc) is 2.95. The summed E-state index contributed by atoms with van der Waals surface area (Å²) in [6.45, 7) is 0.952. The van der Waals surface area contributed by atoms with E-state index in [1.807, 2.05) is 48.5 Å². The minimum atomic E-state index is -0.0338. The average molecular weight is 344 g/mol. The maximum Gasteiger partial charge on any atom is 0.222 e. The van der Waals surface area contributed by atoms with E-state index in [0.29, 0.717) is 24.7 Å². The molecular weight excluding hydrogens is 326 g/mol. The van der Waals surface area contributed by atoms with Gasteiger partial charge < -0.3 is 10.1 Å². The van der Waals surface area contributed by atoms with Crippen molar-refractivity contribution in [1.82, 2.24) is 15.1 Å². The number of aryl methyl sites for hydroxylation is 1. The quantitative estimate of drug-likeness (QED) is 0.746. The van der Waals surface area contributed by atoms with Crippen molar-refractivity contribution in [2.45, 2.75) is 19.5 Å². The second-order valence-electron chi connectivity index (χ2n) is 5.41. The Kier molecular flexibility index (Phi) is 5.01. The number of methoxy groups -OCH3 is 1. The molecule has 24 heavy (non-hydrogen) atoms. The number of hydrogen-bond acceptors (Lipinski definition) is 3. The van der Waals surface area contributed by atoms with Crippen LogP contribution in [-0.4, -0.2) is 22.8 Å². The van der Waals surface area contributed by atoms with Crippen LogP contribution >= 0.6 is 11.6 Å². The number of benzene rings is 2. The lowest BCUT2D eigenvalue weighted by Gasteiger charge is -2.07. The normalized spacial score (nSPS) is 10.8. The first-order valence-electron chi connectivity index (χ1n) is 7.68. The molecule has 1 aromatic heterocycles. The summed E-state index contributed by atoms with van der Waals surface area (Å²) in [4.78, 5) is 12.1. The Hall–Kier alpha value is -2.53. The van der Waals surface area contributed by atoms with E-state index in [2.05, 4.69) is 10.4 Å². The first-order chi connectivity index (χ1) is 11.7. The molecular formula is C18H18ClN3O2. The van der Waals surface area contributed by atoms with Crippen molar-refractivity contribution >= 4 is 28.4 Å². The van der Waals surface area contributed by atoms with Gasteiger partial charge >= 0.3 is 0 Å². The molecule has 3 aromatic rings. The van der Waals surface area contributed by atoms with Gasteiger partial charge in [0.25, 0.3) is 0 Å². The molecule has 0 saturated carbocycles. The zero-order chi connectivity index (χ0) is 16.9. The molecule has 0 bridgehead atoms. The Labute approximate surface area is 145 Å². The molecule has 0 aliphatic rings. The minimum Gasteiger partial charge on any atom is -0.497 e. The molecule has 6 heteroatoms. The number of amides is 1. The highest BCUT2D eigenvalue weighted by Crippen LogP contribution is 2.22. The lowest BCUT2D eigenvalue weighted by molar-refractivity contribution is -0.121. The smallest absolute Gasteiger partial charge is 0.222 e. The van der Waals surface area contributed by atoms with Gasteiger partial charge in [-0.25, -0.2) is 0 Å². The number of ether oxygens (including phenoxy) is 1. The van der Waals surface area contributed by atoms with Gasteiger partial charge in [-0.05, 0) is 29.8 Å². The van der Waals surface area contributed by atoms with Gasteiger partial charge in [-0.3, -0.25) is 9.48 Å². The van der Waals surface area contributed by atoms with Crippen LogP contribution in [0.15, 0.2) is 48.5 Å². The van der Waals surface area contributed by atoms with Crippen LogP contribution in [0.1, 0.15) is 12.0 Å². The van der Waals surface area contributed by atoms with Crippen LogP contribution in [0, 0.1) is 0 Å². The number of fused-ring (bicyclic) bond motifs is 1. The summed E-state index contributed by atoms with van der Waals surface area (Å²) in [5.41, 5.74) is 1.93. The lowest BCUT2D eigenvalue weighted by atomic mass is 10.2. The molecule has 0 aliphatic carbocycles. The standard InChI is InChI=1S/C18H18ClN3O2/c1-24-14-6-4-5-13(11-14)12-20-17(23)9-10-22-16-8-3-2-7-15(16)18(19)21-22/h2-8,11H,9-10,12H2,1H3,(H,20,23). The molecule has 0 aliphatic heterocycles. The summed E-state index contributed by atoms with van der Waals surface area (Å²) in [6, 6.07) is 15.3. The zero-order valence-corrected chi connectivity index (χ0v) is 14.1. The van der Waals surface area contributed by atoms with Crippen LogP contribution < -0.4 is 10.1 Å². The van der Waals surface area contributed by atoms with Gasteiger partial charge in [0.15, 0.2) is 5.15 Å². The van der Waals surface area contributed by atoms with Crippen molar-refractivity contribution in [3.8, 4) is 5.75 Å². The molecule has 1 amide bonds. The van der Waals surface area contributed by atoms with Crippen molar-refractivity contribution in [2.75, 3.05) is 7.11 Å². The largest absolute Gasteiger partial charge is 0.497 e. The number of carbonyl (C=O) groups excluding carboxylic acids is 1. The molecule has 1 N–H and O–H groups in total. The topological polar surface area (TPSA) is 56.1 Å². The third-order valence-corrected chi connectivity index (χ3v) is 4.07. The Morgan fingerprint density at radius 2 is 2.08 bits per heavy atom. The van der Waals surface area contributed by atoms with Crippen molar-refractivity contribution in [2.24, 2.45) is 0 Å². The summed E-state index contributed by atoms with van der Waals surface area (Å²) in [5.74, 6) is 0.743. The van der Waals surface area contributed by atoms with Crippen LogP contribution in [0.3, 0.4) is 0 Å². The van der Waals surface area contributed by atoms with Gasteiger partial charge in [-0.1, -0.05) is 35.9 Å². The van der Waals surface area contributed by atoms with Gasteiger partial charge in [-0.15, -0.1) is 0 Å². The van der Waals surface area contributed by atoms with Gasteiger partial charge in [0.2, 0.25) is 5.91 Å². The van der Waals surface area contributed by atoms with E-state index >= 15 is 0 Å². The number of hydrogen-bond donors (Lipinski definition) is 1. The van der Waals surface area contributed by atoms with Gasteiger partial charge in [0.05, 0.1) is 19.2 Å². The highest BCUT2D eigenvalue weighted by Gasteiger charge is 2.09. The maximum absolute atomic E-state index is 12.1. The number of halogens is 1. The highest BCUT2D eigenvalue weighted by molar-refractivity contribution is 6.34. The van der Waals surface area contributed by atoms with Crippen LogP contribution in [0.5, 0.6) is 5.75 Å². The second-order valence-corrected chi connectivity index (χ2v) is 5.77. The molecule has 0 spiro atoms. The number of carbonyl (C=O) groups is 1. The van der Waals surface area contributed by atoms with Crippen LogP contribution in [-0.2, 0) is 17.9 Å². The van der Waals surface area contributed by atoms with Gasteiger partial charge in [-0.2, -0.15) is 5.10 Å². The van der Waals surface area contributed by atoms with Crippen LogP contribution in [0.4, 0.5) is 0 Å². The summed E-state index contributed by atoms with van der Waals surface area (Å²) < 4.78 is 6.94. The van der Waals surface area contributed by atoms with Gasteiger partial charge in [0.1, 0.15) is 5.75 Å². The molecule has 0 fully saturated rings. The monoisotopic (exact) mass is 343 g/mol. The Morgan fingerprint density at radius 3 is 2.92 bits per heavy atom. The maximum atomic E-state index is 12.1. The number of para-hydroxylation sites is 1. The van der Waals surface area contributed by atoms with Crippen molar-refractivity contribution in [3.63, 3.8) is 0 Å². The molecule has 3 rings (SSSR count). The summed E-state index contributed by atoms with van der Waals surface area (Å²) >= 11 is 6.12. The van der Waals surface area contributed by atoms with E-state index in [0.717, 1.165) is 22.2 Å². The van der Waals surface area contributed by atoms with E-state index in [1.165, 1.54) is 0 Å². The predicted molar refractivity (Wildman–Crippen MR) is 94.2 cm³/mol. The molecule has 0 unspecified atom stereocenters. The Bertz CT molecular complexity index is 860. The number of nitrogens with one attached hydrogen (secondary N) is 1. The van der Waals surface area contributed by atoms with Crippen LogP contribution in [0.2, 0.25) is 5.15 Å². The molecule has 0 radical (unpaired) electrons. The summed E-state index contributed by atoms with van der Waals surface area (Å²) in [7, 11) is 1.62. The van der Waals surface area contributed by atoms with Gasteiger partial charge in [0, 0.05) is 18.4 Å². The molecule has 1 heterocycles. The number of aromatic nitrogens is 2.